The minimum absolute atomic E-state index is 0.00665. The lowest BCUT2D eigenvalue weighted by Gasteiger charge is -2.21. The van der Waals surface area contributed by atoms with Gasteiger partial charge in [-0.25, -0.2) is 19.6 Å². The zero-order valence-electron chi connectivity index (χ0n) is 14.3. The highest BCUT2D eigenvalue weighted by Gasteiger charge is 2.25. The Morgan fingerprint density at radius 2 is 1.96 bits per heavy atom. The Balaban J connectivity index is 2.07. The maximum Gasteiger partial charge on any atom is 0.408 e. The number of hydrogen-bond donors (Lipinski definition) is 3. The average Bonchev–Trinajstić information content (AvgIpc) is 3.12. The number of amides is 2. The molecule has 11 heteroatoms. The predicted molar refractivity (Wildman–Crippen MR) is 96.2 cm³/mol. The Hall–Kier alpha value is -2.53. The lowest BCUT2D eigenvalue weighted by Crippen LogP contribution is -2.44. The molecule has 0 aliphatic rings. The number of hydrogen-bond acceptors (Lipinski definition) is 8. The Bertz CT molecular complexity index is 824. The standard InChI is InChI=1S/C15H18N4O5S2/c1-15(2,3)24-14(23)19-7(13(21)22)4-10-17-9(6-25-10)12-18-8(5-26-12)11(16)20/h5-7H,4H2,1-3H3,(H2,16,20)(H,19,23)(H,21,22). The largest absolute Gasteiger partial charge is 0.480 e. The van der Waals surface area contributed by atoms with E-state index in [4.69, 9.17) is 10.5 Å². The van der Waals surface area contributed by atoms with Crippen LogP contribution in [-0.4, -0.2) is 44.7 Å². The van der Waals surface area contributed by atoms with Gasteiger partial charge < -0.3 is 20.9 Å². The van der Waals surface area contributed by atoms with Crippen molar-refractivity contribution in [2.24, 2.45) is 5.73 Å². The fourth-order valence-electron chi connectivity index (χ4n) is 1.83. The van der Waals surface area contributed by atoms with Gasteiger partial charge in [-0.2, -0.15) is 0 Å². The van der Waals surface area contributed by atoms with Crippen molar-refractivity contribution < 1.29 is 24.2 Å². The van der Waals surface area contributed by atoms with E-state index in [1.165, 1.54) is 28.1 Å². The summed E-state index contributed by atoms with van der Waals surface area (Å²) in [4.78, 5) is 42.7. The van der Waals surface area contributed by atoms with Crippen LogP contribution in [0.3, 0.4) is 0 Å². The monoisotopic (exact) mass is 398 g/mol. The first-order chi connectivity index (χ1) is 12.0. The van der Waals surface area contributed by atoms with E-state index in [2.05, 4.69) is 15.3 Å². The second-order valence-corrected chi connectivity index (χ2v) is 8.07. The quantitative estimate of drug-likeness (QED) is 0.673. The molecule has 2 heterocycles. The molecule has 0 spiro atoms. The van der Waals surface area contributed by atoms with Gasteiger partial charge in [0.15, 0.2) is 0 Å². The van der Waals surface area contributed by atoms with Gasteiger partial charge in [-0.3, -0.25) is 4.79 Å². The van der Waals surface area contributed by atoms with E-state index in [0.717, 1.165) is 0 Å². The molecule has 0 saturated carbocycles. The van der Waals surface area contributed by atoms with Crippen LogP contribution in [0.4, 0.5) is 4.79 Å². The van der Waals surface area contributed by atoms with E-state index >= 15 is 0 Å². The molecule has 2 aromatic rings. The molecule has 2 aromatic heterocycles. The average molecular weight is 398 g/mol. The Labute approximate surface area is 157 Å². The lowest BCUT2D eigenvalue weighted by molar-refractivity contribution is -0.139. The number of primary amides is 1. The number of carboxylic acids is 1. The normalized spacial score (nSPS) is 12.4. The van der Waals surface area contributed by atoms with E-state index in [1.54, 1.807) is 26.2 Å². The van der Waals surface area contributed by atoms with Gasteiger partial charge in [-0.15, -0.1) is 22.7 Å². The van der Waals surface area contributed by atoms with Gasteiger partial charge in [0, 0.05) is 17.2 Å². The van der Waals surface area contributed by atoms with Crippen molar-refractivity contribution in [3.63, 3.8) is 0 Å². The third kappa shape index (κ3) is 5.49. The molecular weight excluding hydrogens is 380 g/mol. The number of nitrogens with two attached hydrogens (primary N) is 1. The van der Waals surface area contributed by atoms with Crippen molar-refractivity contribution in [2.75, 3.05) is 0 Å². The highest BCUT2D eigenvalue weighted by atomic mass is 32.1. The molecule has 26 heavy (non-hydrogen) atoms. The predicted octanol–water partition coefficient (Wildman–Crippen LogP) is 1.89. The molecule has 0 aliphatic heterocycles. The first-order valence-electron chi connectivity index (χ1n) is 7.47. The number of carbonyl (C=O) groups is 3. The summed E-state index contributed by atoms with van der Waals surface area (Å²) < 4.78 is 5.07. The molecule has 1 atom stereocenters. The molecule has 0 fully saturated rings. The zero-order chi connectivity index (χ0) is 19.5. The van der Waals surface area contributed by atoms with Crippen LogP contribution in [0.15, 0.2) is 10.8 Å². The van der Waals surface area contributed by atoms with Crippen molar-refractivity contribution in [2.45, 2.75) is 38.8 Å². The number of carboxylic acid groups (broad SMARTS) is 1. The van der Waals surface area contributed by atoms with E-state index < -0.39 is 29.6 Å². The number of aliphatic carboxylic acids is 1. The van der Waals surface area contributed by atoms with Crippen LogP contribution >= 0.6 is 22.7 Å². The highest BCUT2D eigenvalue weighted by Crippen LogP contribution is 2.26. The van der Waals surface area contributed by atoms with Gasteiger partial charge in [0.25, 0.3) is 5.91 Å². The molecule has 0 bridgehead atoms. The fourth-order valence-corrected chi connectivity index (χ4v) is 3.50. The van der Waals surface area contributed by atoms with Crippen molar-refractivity contribution in [1.82, 2.24) is 15.3 Å². The third-order valence-corrected chi connectivity index (χ3v) is 4.63. The Morgan fingerprint density at radius 3 is 2.50 bits per heavy atom. The highest BCUT2D eigenvalue weighted by molar-refractivity contribution is 7.14. The maximum atomic E-state index is 11.8. The summed E-state index contributed by atoms with van der Waals surface area (Å²) in [6, 6.07) is -1.18. The van der Waals surface area contributed by atoms with Crippen LogP contribution in [0.2, 0.25) is 0 Å². The SMILES string of the molecule is CC(C)(C)OC(=O)NC(Cc1nc(-c2nc(C(N)=O)cs2)cs1)C(=O)O. The van der Waals surface area contributed by atoms with E-state index in [1.807, 2.05) is 0 Å². The summed E-state index contributed by atoms with van der Waals surface area (Å²) in [5.74, 6) is -1.83. The van der Waals surface area contributed by atoms with E-state index in [-0.39, 0.29) is 12.1 Å². The minimum atomic E-state index is -1.20. The van der Waals surface area contributed by atoms with Crippen LogP contribution in [0.5, 0.6) is 0 Å². The van der Waals surface area contributed by atoms with Crippen LogP contribution < -0.4 is 11.1 Å². The molecule has 140 valence electrons. The summed E-state index contributed by atoms with van der Waals surface area (Å²) >= 11 is 2.44. The van der Waals surface area contributed by atoms with Crippen molar-refractivity contribution in [1.29, 1.82) is 0 Å². The smallest absolute Gasteiger partial charge is 0.408 e. The fraction of sp³-hybridized carbons (Fsp3) is 0.400. The number of alkyl carbamates (subject to hydrolysis) is 1. The maximum absolute atomic E-state index is 11.8. The number of aromatic nitrogens is 2. The third-order valence-electron chi connectivity index (χ3n) is 2.90. The van der Waals surface area contributed by atoms with Crippen LogP contribution in [0.25, 0.3) is 10.7 Å². The van der Waals surface area contributed by atoms with Crippen LogP contribution in [0, 0.1) is 0 Å². The van der Waals surface area contributed by atoms with Gasteiger partial charge in [-0.05, 0) is 20.8 Å². The van der Waals surface area contributed by atoms with E-state index in [0.29, 0.717) is 15.7 Å². The van der Waals surface area contributed by atoms with Crippen molar-refractivity contribution in [3.8, 4) is 10.7 Å². The van der Waals surface area contributed by atoms with Gasteiger partial charge in [0.2, 0.25) is 0 Å². The molecule has 2 rings (SSSR count). The Morgan fingerprint density at radius 1 is 1.27 bits per heavy atom. The Kier molecular flexibility index (Phi) is 5.93. The summed E-state index contributed by atoms with van der Waals surface area (Å²) in [5, 5.41) is 15.9. The second-order valence-electron chi connectivity index (χ2n) is 6.27. The summed E-state index contributed by atoms with van der Waals surface area (Å²) in [6.45, 7) is 5.05. The van der Waals surface area contributed by atoms with Gasteiger partial charge in [-0.1, -0.05) is 0 Å². The number of thiazole rings is 2. The first-order valence-corrected chi connectivity index (χ1v) is 9.23. The summed E-state index contributed by atoms with van der Waals surface area (Å²) in [7, 11) is 0. The molecule has 0 aromatic carbocycles. The molecule has 0 saturated heterocycles. The first kappa shape index (κ1) is 19.8. The van der Waals surface area contributed by atoms with Crippen molar-refractivity contribution in [3.05, 3.63) is 21.5 Å². The molecule has 2 amide bonds. The van der Waals surface area contributed by atoms with Crippen LogP contribution in [-0.2, 0) is 16.0 Å². The lowest BCUT2D eigenvalue weighted by atomic mass is 10.2. The van der Waals surface area contributed by atoms with E-state index in [9.17, 15) is 19.5 Å². The molecule has 1 unspecified atom stereocenters. The van der Waals surface area contributed by atoms with Crippen molar-refractivity contribution >= 4 is 40.6 Å². The minimum Gasteiger partial charge on any atom is -0.480 e. The van der Waals surface area contributed by atoms with Gasteiger partial charge >= 0.3 is 12.1 Å². The molecular formula is C15H18N4O5S2. The zero-order valence-corrected chi connectivity index (χ0v) is 15.9. The molecule has 9 nitrogen and oxygen atoms in total. The summed E-state index contributed by atoms with van der Waals surface area (Å²) in [5.41, 5.74) is 5.10. The van der Waals surface area contributed by atoms with Crippen LogP contribution in [0.1, 0.15) is 36.3 Å². The number of nitrogens with one attached hydrogen (secondary N) is 1. The van der Waals surface area contributed by atoms with Gasteiger partial charge in [0.1, 0.15) is 28.0 Å². The topological polar surface area (TPSA) is 144 Å². The van der Waals surface area contributed by atoms with Gasteiger partial charge in [0.05, 0.1) is 5.01 Å². The molecule has 4 N–H and O–H groups in total. The second kappa shape index (κ2) is 7.79. The number of ether oxygens (including phenoxy) is 1. The molecule has 0 aliphatic carbocycles. The summed E-state index contributed by atoms with van der Waals surface area (Å²) in [6.07, 6.45) is -0.819. The number of rotatable bonds is 6. The molecule has 0 radical (unpaired) electrons. The number of nitrogens with zero attached hydrogens (tertiary/aromatic N) is 2. The number of carbonyl (C=O) groups excluding carboxylic acids is 2.